The van der Waals surface area contributed by atoms with E-state index in [9.17, 15) is 31.5 Å². The zero-order valence-corrected chi connectivity index (χ0v) is 22.4. The summed E-state index contributed by atoms with van der Waals surface area (Å²) in [5.41, 5.74) is -1.83. The number of benzene rings is 1. The average Bonchev–Trinajstić information content (AvgIpc) is 3.16. The molecule has 38 heavy (non-hydrogen) atoms. The van der Waals surface area contributed by atoms with Crippen molar-refractivity contribution in [2.75, 3.05) is 0 Å². The number of allylic oxidation sites excluding steroid dienone is 4. The van der Waals surface area contributed by atoms with Gasteiger partial charge in [0.05, 0.1) is 5.60 Å². The number of ketones is 1. The first kappa shape index (κ1) is 27.2. The number of halogens is 3. The topological polar surface area (TPSA) is 80.7 Å². The molecule has 0 radical (unpaired) electrons. The Hall–Kier alpha value is -2.39. The van der Waals surface area contributed by atoms with Crippen molar-refractivity contribution in [3.8, 4) is 5.75 Å². The average molecular weight is 551 g/mol. The van der Waals surface area contributed by atoms with Crippen molar-refractivity contribution in [2.24, 2.45) is 17.3 Å². The minimum atomic E-state index is -5.77. The van der Waals surface area contributed by atoms with E-state index in [2.05, 4.69) is 17.7 Å². The summed E-state index contributed by atoms with van der Waals surface area (Å²) in [5.74, 6) is 0.0462. The normalized spacial score (nSPS) is 33.3. The highest BCUT2D eigenvalue weighted by atomic mass is 32.2. The SMILES string of the molecule is C=C(C)[C@]1(O)CC[C@H]2[C@@H]3CCC4=CC(=O)CCC4=C3[C@@H](c3ccc(OS(=O)(=O)C(F)(F)F)cc3)C[C@@]21CC. The van der Waals surface area contributed by atoms with E-state index in [1.165, 1.54) is 23.3 Å². The molecule has 2 saturated carbocycles. The maximum absolute atomic E-state index is 12.8. The lowest BCUT2D eigenvalue weighted by molar-refractivity contribution is -0.114. The lowest BCUT2D eigenvalue weighted by Gasteiger charge is -2.56. The molecule has 1 N–H and O–H groups in total. The van der Waals surface area contributed by atoms with Gasteiger partial charge in [-0.15, -0.1) is 0 Å². The summed E-state index contributed by atoms with van der Waals surface area (Å²) in [5, 5.41) is 12.0. The van der Waals surface area contributed by atoms with Crippen LogP contribution in [0.25, 0.3) is 0 Å². The third kappa shape index (κ3) is 3.99. The highest BCUT2D eigenvalue weighted by Crippen LogP contribution is 2.69. The third-order valence-electron chi connectivity index (χ3n) is 9.71. The van der Waals surface area contributed by atoms with Gasteiger partial charge in [0.15, 0.2) is 5.78 Å². The van der Waals surface area contributed by atoms with Gasteiger partial charge in [0.25, 0.3) is 0 Å². The molecule has 0 amide bonds. The van der Waals surface area contributed by atoms with E-state index in [4.69, 9.17) is 0 Å². The number of fused-ring (bicyclic) bond motifs is 4. The van der Waals surface area contributed by atoms with Crippen LogP contribution in [0.3, 0.4) is 0 Å². The van der Waals surface area contributed by atoms with Gasteiger partial charge in [-0.3, -0.25) is 4.79 Å². The molecule has 1 aromatic carbocycles. The van der Waals surface area contributed by atoms with Crippen LogP contribution in [0.5, 0.6) is 5.75 Å². The Bertz CT molecular complexity index is 1340. The molecule has 1 aromatic rings. The number of rotatable bonds is 5. The van der Waals surface area contributed by atoms with Gasteiger partial charge in [0, 0.05) is 17.8 Å². The molecular formula is C29H33F3O5S. The predicted octanol–water partition coefficient (Wildman–Crippen LogP) is 6.51. The zero-order chi connectivity index (χ0) is 27.7. The minimum absolute atomic E-state index is 0.128. The standard InChI is InChI=1S/C29H33F3O5S/c1-4-27-16-24(18-5-9-21(10-6-18)37-38(35,36)29(30,31)32)26-22-12-8-20(33)15-19(22)7-11-23(26)25(27)13-14-28(27,34)17(2)3/h5-6,9-10,15,23-25,34H,2,4,7-8,11-14,16H2,1,3H3/t23-,24+,25-,27-,28+/m0/s1. The third-order valence-corrected chi connectivity index (χ3v) is 10.7. The molecule has 0 aromatic heterocycles. The minimum Gasteiger partial charge on any atom is -0.385 e. The lowest BCUT2D eigenvalue weighted by atomic mass is 9.49. The molecule has 0 aliphatic heterocycles. The number of aliphatic hydroxyl groups is 1. The van der Waals surface area contributed by atoms with Gasteiger partial charge in [-0.25, -0.2) is 0 Å². The van der Waals surface area contributed by atoms with Crippen molar-refractivity contribution >= 4 is 15.9 Å². The van der Waals surface area contributed by atoms with Gasteiger partial charge in [-0.2, -0.15) is 21.6 Å². The summed E-state index contributed by atoms with van der Waals surface area (Å²) in [6.45, 7) is 8.14. The van der Waals surface area contributed by atoms with Gasteiger partial charge < -0.3 is 9.29 Å². The molecule has 5 atom stereocenters. The first-order valence-electron chi connectivity index (χ1n) is 13.2. The maximum Gasteiger partial charge on any atom is 0.534 e. The van der Waals surface area contributed by atoms with Crippen LogP contribution >= 0.6 is 0 Å². The van der Waals surface area contributed by atoms with Crippen LogP contribution in [-0.2, 0) is 14.9 Å². The van der Waals surface area contributed by atoms with E-state index in [0.29, 0.717) is 25.7 Å². The van der Waals surface area contributed by atoms with Gasteiger partial charge in [0.1, 0.15) is 5.75 Å². The van der Waals surface area contributed by atoms with E-state index in [1.54, 1.807) is 18.2 Å². The van der Waals surface area contributed by atoms with Crippen molar-refractivity contribution in [1.29, 1.82) is 0 Å². The molecule has 4 aliphatic carbocycles. The van der Waals surface area contributed by atoms with E-state index >= 15 is 0 Å². The highest BCUT2D eigenvalue weighted by Gasteiger charge is 2.64. The maximum atomic E-state index is 12.8. The molecule has 0 saturated heterocycles. The molecule has 2 fully saturated rings. The Morgan fingerprint density at radius 3 is 2.45 bits per heavy atom. The number of alkyl halides is 3. The van der Waals surface area contributed by atoms with Gasteiger partial charge in [-0.05, 0) is 104 Å². The number of hydrogen-bond acceptors (Lipinski definition) is 5. The van der Waals surface area contributed by atoms with Crippen LogP contribution in [0.15, 0.2) is 59.2 Å². The highest BCUT2D eigenvalue weighted by molar-refractivity contribution is 7.88. The van der Waals surface area contributed by atoms with Crippen molar-refractivity contribution in [3.05, 3.63) is 64.8 Å². The molecule has 4 aliphatic rings. The fourth-order valence-electron chi connectivity index (χ4n) is 8.03. The van der Waals surface area contributed by atoms with Crippen LogP contribution in [0.4, 0.5) is 13.2 Å². The molecule has 0 heterocycles. The van der Waals surface area contributed by atoms with Gasteiger partial charge in [-0.1, -0.05) is 31.2 Å². The van der Waals surface area contributed by atoms with Crippen LogP contribution in [0, 0.1) is 17.3 Å². The van der Waals surface area contributed by atoms with E-state index in [-0.39, 0.29) is 23.5 Å². The summed E-state index contributed by atoms with van der Waals surface area (Å²) in [6.07, 6.45) is 7.46. The molecule has 5 nitrogen and oxygen atoms in total. The summed E-state index contributed by atoms with van der Waals surface area (Å²) < 4.78 is 65.8. The van der Waals surface area contributed by atoms with Gasteiger partial charge in [0.2, 0.25) is 0 Å². The van der Waals surface area contributed by atoms with Crippen LogP contribution < -0.4 is 4.18 Å². The molecule has 0 unspecified atom stereocenters. The fraction of sp³-hybridized carbons (Fsp3) is 0.552. The van der Waals surface area contributed by atoms with E-state index in [1.807, 2.05) is 6.92 Å². The summed E-state index contributed by atoms with van der Waals surface area (Å²) in [6, 6.07) is 5.77. The van der Waals surface area contributed by atoms with Crippen molar-refractivity contribution in [2.45, 2.75) is 82.2 Å². The van der Waals surface area contributed by atoms with Crippen molar-refractivity contribution in [3.63, 3.8) is 0 Å². The zero-order valence-electron chi connectivity index (χ0n) is 21.6. The first-order chi connectivity index (χ1) is 17.7. The van der Waals surface area contributed by atoms with Crippen LogP contribution in [0.2, 0.25) is 0 Å². The monoisotopic (exact) mass is 550 g/mol. The largest absolute Gasteiger partial charge is 0.534 e. The second kappa shape index (κ2) is 9.08. The van der Waals surface area contributed by atoms with Crippen molar-refractivity contribution < 1.29 is 35.7 Å². The number of hydrogen-bond donors (Lipinski definition) is 1. The van der Waals surface area contributed by atoms with E-state index < -0.39 is 32.4 Å². The van der Waals surface area contributed by atoms with Gasteiger partial charge >= 0.3 is 15.6 Å². The molecule has 0 spiro atoms. The predicted molar refractivity (Wildman–Crippen MR) is 137 cm³/mol. The summed E-state index contributed by atoms with van der Waals surface area (Å²) >= 11 is 0. The molecule has 0 bridgehead atoms. The number of carbonyl (C=O) groups is 1. The Morgan fingerprint density at radius 1 is 1.16 bits per heavy atom. The quantitative estimate of drug-likeness (QED) is 0.257. The lowest BCUT2D eigenvalue weighted by Crippen LogP contribution is -2.53. The van der Waals surface area contributed by atoms with Crippen LogP contribution in [-0.4, -0.2) is 30.4 Å². The number of carbonyl (C=O) groups excluding carboxylic acids is 1. The van der Waals surface area contributed by atoms with Crippen molar-refractivity contribution in [1.82, 2.24) is 0 Å². The Balaban J connectivity index is 1.62. The molecule has 5 rings (SSSR count). The fourth-order valence-corrected chi connectivity index (χ4v) is 8.49. The Kier molecular flexibility index (Phi) is 6.50. The summed E-state index contributed by atoms with van der Waals surface area (Å²) in [4.78, 5) is 12.2. The summed E-state index contributed by atoms with van der Waals surface area (Å²) in [7, 11) is -5.77. The smallest absolute Gasteiger partial charge is 0.385 e. The second-order valence-corrected chi connectivity index (χ2v) is 12.9. The van der Waals surface area contributed by atoms with Crippen LogP contribution in [0.1, 0.15) is 76.7 Å². The first-order valence-corrected chi connectivity index (χ1v) is 14.6. The van der Waals surface area contributed by atoms with E-state index in [0.717, 1.165) is 42.4 Å². The molecule has 206 valence electrons. The Morgan fingerprint density at radius 2 is 1.84 bits per heavy atom. The molecular weight excluding hydrogens is 517 g/mol. The molecule has 9 heteroatoms. The Labute approximate surface area is 221 Å². The second-order valence-electron chi connectivity index (χ2n) is 11.3.